The quantitative estimate of drug-likeness (QED) is 0.318. The molecule has 0 unspecified atom stereocenters. The first kappa shape index (κ1) is 5.15. The molecule has 0 saturated carbocycles. The molecule has 0 aromatic rings. The molecule has 0 atom stereocenters. The SMILES string of the molecule is [3H]C(=[N-])C[O-].[Mn+2]. The van der Waals surface area contributed by atoms with Crippen LogP contribution in [0.25, 0.3) is 5.41 Å². The second-order valence-electron chi connectivity index (χ2n) is 0.302. The molecule has 0 spiro atoms. The van der Waals surface area contributed by atoms with Crippen molar-refractivity contribution < 1.29 is 23.5 Å². The van der Waals surface area contributed by atoms with Gasteiger partial charge in [-0.2, -0.15) is 0 Å². The predicted octanol–water partition coefficient (Wildman–Crippen LogP) is -1.02. The Hall–Kier alpha value is 0.149. The summed E-state index contributed by atoms with van der Waals surface area (Å²) in [5.74, 6) is 0. The Morgan fingerprint density at radius 2 is 2.40 bits per heavy atom. The van der Waals surface area contributed by atoms with E-state index in [9.17, 15) is 0 Å². The van der Waals surface area contributed by atoms with Gasteiger partial charge in [-0.25, -0.2) is 6.19 Å². The van der Waals surface area contributed by atoms with Gasteiger partial charge in [0.25, 0.3) is 0 Å². The van der Waals surface area contributed by atoms with Crippen molar-refractivity contribution in [3.05, 3.63) is 5.41 Å². The van der Waals surface area contributed by atoms with E-state index < -0.39 is 12.8 Å². The molecular formula is C2H3MnNO. The van der Waals surface area contributed by atoms with Crippen molar-refractivity contribution >= 4 is 6.19 Å². The van der Waals surface area contributed by atoms with Crippen LogP contribution in [0.4, 0.5) is 0 Å². The van der Waals surface area contributed by atoms with E-state index in [1.54, 1.807) is 0 Å². The van der Waals surface area contributed by atoms with E-state index in [1.807, 2.05) is 0 Å². The molecule has 0 heterocycles. The summed E-state index contributed by atoms with van der Waals surface area (Å²) < 4.78 is 5.99. The Labute approximate surface area is 42.6 Å². The summed E-state index contributed by atoms with van der Waals surface area (Å²) in [5, 5.41) is 16.8. The van der Waals surface area contributed by atoms with Crippen LogP contribution < -0.4 is 5.11 Å². The minimum atomic E-state index is -0.806. The van der Waals surface area contributed by atoms with Crippen LogP contribution in [0.15, 0.2) is 0 Å². The van der Waals surface area contributed by atoms with E-state index in [1.165, 1.54) is 0 Å². The molecule has 1 radical (unpaired) electrons. The molecule has 0 aliphatic carbocycles. The zero-order valence-corrected chi connectivity index (χ0v) is 3.62. The molecular weight excluding hydrogens is 109 g/mol. The Morgan fingerprint density at radius 1 is 2.20 bits per heavy atom. The molecule has 0 saturated heterocycles. The van der Waals surface area contributed by atoms with Gasteiger partial charge in [0.1, 0.15) is 0 Å². The molecule has 29 valence electrons. The second kappa shape index (κ2) is 8.91. The van der Waals surface area contributed by atoms with Gasteiger partial charge in [0, 0.05) is 1.37 Å². The van der Waals surface area contributed by atoms with Crippen molar-refractivity contribution in [2.75, 3.05) is 6.61 Å². The zero-order valence-electron chi connectivity index (χ0n) is 3.44. The molecule has 0 aromatic heterocycles. The first-order valence-electron chi connectivity index (χ1n) is 1.37. The average molecular weight is 114 g/mol. The second-order valence-corrected chi connectivity index (χ2v) is 0.302. The van der Waals surface area contributed by atoms with Crippen molar-refractivity contribution in [1.82, 2.24) is 0 Å². The summed E-state index contributed by atoms with van der Waals surface area (Å²) in [7, 11) is 0. The van der Waals surface area contributed by atoms with Crippen molar-refractivity contribution in [3.63, 3.8) is 0 Å². The maximum Gasteiger partial charge on any atom is 2.00 e. The van der Waals surface area contributed by atoms with Gasteiger partial charge in [-0.05, 0) is 0 Å². The van der Waals surface area contributed by atoms with Crippen molar-refractivity contribution in [1.29, 1.82) is 0 Å². The summed E-state index contributed by atoms with van der Waals surface area (Å²) in [4.78, 5) is 0. The maximum atomic E-state index is 9.16. The first-order valence-corrected chi connectivity index (χ1v) is 0.866. The van der Waals surface area contributed by atoms with Crippen LogP contribution in [0.5, 0.6) is 0 Å². The normalized spacial score (nSPS) is 7.80. The minimum absolute atomic E-state index is 0. The third-order valence-corrected chi connectivity index (χ3v) is 0.0645. The molecule has 0 aliphatic heterocycles. The van der Waals surface area contributed by atoms with Crippen molar-refractivity contribution in [2.24, 2.45) is 0 Å². The van der Waals surface area contributed by atoms with Gasteiger partial charge in [-0.1, -0.05) is 0 Å². The van der Waals surface area contributed by atoms with Crippen LogP contribution >= 0.6 is 0 Å². The van der Waals surface area contributed by atoms with Gasteiger partial charge >= 0.3 is 17.1 Å². The molecule has 0 aliphatic rings. The minimum Gasteiger partial charge on any atom is -0.853 e. The number of nitrogens with zero attached hydrogens (tertiary/aromatic N) is 1. The van der Waals surface area contributed by atoms with E-state index in [4.69, 9.17) is 11.9 Å². The van der Waals surface area contributed by atoms with Crippen molar-refractivity contribution in [2.45, 2.75) is 0 Å². The van der Waals surface area contributed by atoms with Gasteiger partial charge < -0.3 is 10.5 Å². The topological polar surface area (TPSA) is 45.4 Å². The van der Waals surface area contributed by atoms with Crippen LogP contribution in [0.3, 0.4) is 0 Å². The molecule has 0 fully saturated rings. The van der Waals surface area contributed by atoms with Crippen LogP contribution in [-0.4, -0.2) is 12.8 Å². The first-order chi connectivity index (χ1) is 2.27. The average Bonchev–Trinajstić information content (AvgIpc) is 1.38. The number of hydrogen-bond acceptors (Lipinski definition) is 1. The molecule has 0 N–H and O–H groups in total. The largest absolute Gasteiger partial charge is 2.00 e. The Kier molecular flexibility index (Phi) is 9.17. The fourth-order valence-corrected chi connectivity index (χ4v) is 0. The third kappa shape index (κ3) is 14.5. The summed E-state index contributed by atoms with van der Waals surface area (Å²) in [6.07, 6.45) is -0.801. The van der Waals surface area contributed by atoms with Crippen LogP contribution in [0.1, 0.15) is 1.37 Å². The number of rotatable bonds is 1. The summed E-state index contributed by atoms with van der Waals surface area (Å²) >= 11 is 0. The monoisotopic (exact) mass is 114 g/mol. The Balaban J connectivity index is 0. The fourth-order valence-electron chi connectivity index (χ4n) is 0. The standard InChI is InChI=1S/C2H3NO.Mn/c3-1-2-4;/h1H,2H2;/q-2;+2/i1T;. The van der Waals surface area contributed by atoms with Gasteiger partial charge in [0.15, 0.2) is 0 Å². The summed E-state index contributed by atoms with van der Waals surface area (Å²) in [6, 6.07) is 0. The van der Waals surface area contributed by atoms with Crippen LogP contribution in [-0.2, 0) is 17.1 Å². The molecule has 5 heavy (non-hydrogen) atoms. The third-order valence-electron chi connectivity index (χ3n) is 0.0645. The van der Waals surface area contributed by atoms with E-state index in [0.29, 0.717) is 0 Å². The van der Waals surface area contributed by atoms with Crippen LogP contribution in [0, 0.1) is 0 Å². The molecule has 0 amide bonds. The molecule has 2 nitrogen and oxygen atoms in total. The van der Waals surface area contributed by atoms with E-state index in [-0.39, 0.29) is 17.1 Å². The Bertz CT molecular complexity index is 48.8. The fraction of sp³-hybridized carbons (Fsp3) is 0.500. The Morgan fingerprint density at radius 3 is 2.40 bits per heavy atom. The zero-order chi connectivity index (χ0) is 4.28. The van der Waals surface area contributed by atoms with Gasteiger partial charge in [-0.15, -0.1) is 6.61 Å². The molecule has 0 rings (SSSR count). The predicted molar refractivity (Wildman–Crippen MR) is 14.3 cm³/mol. The summed E-state index contributed by atoms with van der Waals surface area (Å²) in [5.41, 5.74) is 0. The van der Waals surface area contributed by atoms with Gasteiger partial charge in [0.2, 0.25) is 0 Å². The van der Waals surface area contributed by atoms with Gasteiger partial charge in [-0.3, -0.25) is 0 Å². The van der Waals surface area contributed by atoms with Crippen LogP contribution in [0.2, 0.25) is 0 Å². The molecule has 0 aromatic carbocycles. The molecule has 3 heteroatoms. The number of hydrogen-bond donors (Lipinski definition) is 0. The molecule has 0 bridgehead atoms. The maximum absolute atomic E-state index is 9.16. The van der Waals surface area contributed by atoms with E-state index in [2.05, 4.69) is 0 Å². The van der Waals surface area contributed by atoms with E-state index in [0.717, 1.165) is 0 Å². The van der Waals surface area contributed by atoms with Crippen molar-refractivity contribution in [3.8, 4) is 0 Å². The van der Waals surface area contributed by atoms with Gasteiger partial charge in [0.05, 0.1) is 0 Å². The smallest absolute Gasteiger partial charge is 0.853 e. The summed E-state index contributed by atoms with van der Waals surface area (Å²) in [6.45, 7) is -0.806. The van der Waals surface area contributed by atoms with E-state index >= 15 is 0 Å².